The van der Waals surface area contributed by atoms with Crippen LogP contribution in [0.25, 0.3) is 0 Å². The van der Waals surface area contributed by atoms with Gasteiger partial charge in [-0.15, -0.1) is 0 Å². The molecular weight excluding hydrogens is 518 g/mol. The predicted octanol–water partition coefficient (Wildman–Crippen LogP) is 4.40. The van der Waals surface area contributed by atoms with Crippen LogP contribution in [0, 0.1) is 0 Å². The van der Waals surface area contributed by atoms with Gasteiger partial charge in [-0.1, -0.05) is 30.8 Å². The van der Waals surface area contributed by atoms with Gasteiger partial charge in [-0.3, -0.25) is 15.0 Å². The van der Waals surface area contributed by atoms with Crippen LogP contribution in [-0.2, 0) is 11.3 Å². The molecule has 2 N–H and O–H groups in total. The van der Waals surface area contributed by atoms with E-state index in [0.717, 1.165) is 56.0 Å². The van der Waals surface area contributed by atoms with Crippen LogP contribution >= 0.6 is 11.8 Å². The maximum atomic E-state index is 12.9. The number of hydrogen-bond donors (Lipinski definition) is 2. The number of piperazine rings is 1. The van der Waals surface area contributed by atoms with Crippen LogP contribution in [0.15, 0.2) is 47.6 Å². The first-order chi connectivity index (χ1) is 19.0. The first-order valence-corrected chi connectivity index (χ1v) is 14.2. The summed E-state index contributed by atoms with van der Waals surface area (Å²) in [5.74, 6) is 1.30. The van der Waals surface area contributed by atoms with Gasteiger partial charge in [0.1, 0.15) is 6.61 Å². The van der Waals surface area contributed by atoms with Gasteiger partial charge < -0.3 is 19.5 Å². The summed E-state index contributed by atoms with van der Waals surface area (Å²) in [5.41, 5.74) is 3.24. The number of benzene rings is 2. The average Bonchev–Trinajstić information content (AvgIpc) is 2.95. The molecule has 10 nitrogen and oxygen atoms in total. The van der Waals surface area contributed by atoms with Crippen LogP contribution in [0.2, 0.25) is 0 Å². The Morgan fingerprint density at radius 1 is 1.13 bits per heavy atom. The summed E-state index contributed by atoms with van der Waals surface area (Å²) >= 11 is 1.28. The third-order valence-corrected chi connectivity index (χ3v) is 7.75. The highest BCUT2D eigenvalue weighted by molar-refractivity contribution is 8.14. The minimum atomic E-state index is -0.480. The van der Waals surface area contributed by atoms with E-state index in [4.69, 9.17) is 19.3 Å². The molecule has 11 heteroatoms. The topological polar surface area (TPSA) is 105 Å². The lowest BCUT2D eigenvalue weighted by molar-refractivity contribution is 0.134. The summed E-state index contributed by atoms with van der Waals surface area (Å²) in [5, 5.41) is 12.2. The maximum absolute atomic E-state index is 12.9. The number of ether oxygens (including phenoxy) is 3. The number of nitrogens with zero attached hydrogens (tertiary/aromatic N) is 3. The van der Waals surface area contributed by atoms with Crippen LogP contribution in [0.4, 0.5) is 15.3 Å². The first-order valence-electron chi connectivity index (χ1n) is 13.3. The Labute approximate surface area is 234 Å². The number of rotatable bonds is 11. The number of thioether (sulfide) groups is 1. The van der Waals surface area contributed by atoms with Crippen LogP contribution in [0.5, 0.6) is 11.5 Å². The number of carbonyl (C=O) groups is 2. The van der Waals surface area contributed by atoms with Gasteiger partial charge in [-0.2, -0.15) is 5.10 Å². The van der Waals surface area contributed by atoms with Crippen molar-refractivity contribution >= 4 is 34.5 Å². The van der Waals surface area contributed by atoms with Gasteiger partial charge in [-0.25, -0.2) is 9.80 Å². The summed E-state index contributed by atoms with van der Waals surface area (Å²) in [6.45, 7) is 9.72. The zero-order valence-electron chi connectivity index (χ0n) is 22.8. The van der Waals surface area contributed by atoms with Gasteiger partial charge in [0.05, 0.1) is 31.2 Å². The Morgan fingerprint density at radius 2 is 1.90 bits per heavy atom. The van der Waals surface area contributed by atoms with Crippen LogP contribution in [-0.4, -0.2) is 85.3 Å². The maximum Gasteiger partial charge on any atom is 0.411 e. The highest BCUT2D eigenvalue weighted by Gasteiger charge is 2.30. The molecular formula is C28H37N5O5S. The molecule has 0 aliphatic carbocycles. The smallest absolute Gasteiger partial charge is 0.411 e. The van der Waals surface area contributed by atoms with E-state index in [9.17, 15) is 9.59 Å². The van der Waals surface area contributed by atoms with Gasteiger partial charge in [-0.05, 0) is 49.2 Å². The molecule has 0 radical (unpaired) electrons. The Kier molecular flexibility index (Phi) is 10.5. The summed E-state index contributed by atoms with van der Waals surface area (Å²) in [4.78, 5) is 27.3. The average molecular weight is 556 g/mol. The molecule has 2 aliphatic heterocycles. The molecule has 0 aromatic heterocycles. The molecule has 1 unspecified atom stereocenters. The van der Waals surface area contributed by atoms with Gasteiger partial charge in [0.2, 0.25) is 0 Å². The third kappa shape index (κ3) is 7.87. The van der Waals surface area contributed by atoms with E-state index in [2.05, 4.69) is 15.5 Å². The number of anilines is 1. The molecule has 2 heterocycles. The number of methoxy groups -OCH3 is 1. The van der Waals surface area contributed by atoms with Gasteiger partial charge in [0, 0.05) is 44.0 Å². The third-order valence-electron chi connectivity index (χ3n) is 6.50. The number of nitrogens with one attached hydrogen (secondary N) is 2. The molecule has 39 heavy (non-hydrogen) atoms. The van der Waals surface area contributed by atoms with Crippen molar-refractivity contribution < 1.29 is 23.8 Å². The molecule has 2 amide bonds. The van der Waals surface area contributed by atoms with Gasteiger partial charge in [0.25, 0.3) is 0 Å². The molecule has 1 atom stereocenters. The predicted molar refractivity (Wildman–Crippen MR) is 154 cm³/mol. The Morgan fingerprint density at radius 3 is 2.59 bits per heavy atom. The molecule has 1 fully saturated rings. The van der Waals surface area contributed by atoms with Crippen LogP contribution in [0.1, 0.15) is 31.4 Å². The lowest BCUT2D eigenvalue weighted by Crippen LogP contribution is -2.44. The van der Waals surface area contributed by atoms with Crippen molar-refractivity contribution in [3.8, 4) is 11.5 Å². The lowest BCUT2D eigenvalue weighted by atomic mass is 10.0. The number of hydrogen-bond acceptors (Lipinski definition) is 9. The Hall–Kier alpha value is -3.28. The normalized spacial score (nSPS) is 17.9. The van der Waals surface area contributed by atoms with Gasteiger partial charge in [0.15, 0.2) is 11.5 Å². The fourth-order valence-corrected chi connectivity index (χ4v) is 5.35. The fourth-order valence-electron chi connectivity index (χ4n) is 4.42. The number of hydrazone groups is 1. The lowest BCUT2D eigenvalue weighted by Gasteiger charge is -2.28. The summed E-state index contributed by atoms with van der Waals surface area (Å²) in [7, 11) is 1.61. The highest BCUT2D eigenvalue weighted by atomic mass is 32.2. The molecule has 2 aromatic rings. The quantitative estimate of drug-likeness (QED) is 0.421. The zero-order chi connectivity index (χ0) is 27.6. The van der Waals surface area contributed by atoms with E-state index in [1.165, 1.54) is 16.8 Å². The van der Waals surface area contributed by atoms with E-state index in [1.54, 1.807) is 19.2 Å². The monoisotopic (exact) mass is 555 g/mol. The van der Waals surface area contributed by atoms with E-state index < -0.39 is 6.09 Å². The SMILES string of the molecule is CCOc1cc(C2=NN(Cc3ccc(NC(=O)OCCN4CCNCC4)cc3)C(=O)SC2CC)ccc1OC. The number of carbonyl (C=O) groups excluding carboxylic acids is 2. The first kappa shape index (κ1) is 28.7. The molecule has 0 saturated carbocycles. The van der Waals surface area contributed by atoms with Crippen LogP contribution in [0.3, 0.4) is 0 Å². The molecule has 2 aliphatic rings. The van der Waals surface area contributed by atoms with Crippen molar-refractivity contribution in [2.24, 2.45) is 5.10 Å². The van der Waals surface area contributed by atoms with E-state index in [-0.39, 0.29) is 10.5 Å². The van der Waals surface area contributed by atoms with Crippen LogP contribution < -0.4 is 20.1 Å². The van der Waals surface area contributed by atoms with E-state index in [1.807, 2.05) is 44.2 Å². The van der Waals surface area contributed by atoms with Gasteiger partial charge >= 0.3 is 11.3 Å². The molecule has 0 bridgehead atoms. The minimum absolute atomic E-state index is 0.0548. The number of amides is 2. The molecule has 2 aromatic carbocycles. The zero-order valence-corrected chi connectivity index (χ0v) is 23.6. The fraction of sp³-hybridized carbons (Fsp3) is 0.464. The van der Waals surface area contributed by atoms with E-state index in [0.29, 0.717) is 36.9 Å². The standard InChI is InChI=1S/C28H37N5O5S/c1-4-25-26(21-8-11-23(36-3)24(18-21)37-5-2)31-33(28(35)39-25)19-20-6-9-22(10-7-20)30-27(34)38-17-16-32-14-12-29-13-15-32/h6-11,18,25,29H,4-5,12-17,19H2,1-3H3,(H,30,34). The van der Waals surface area contributed by atoms with Crippen molar-refractivity contribution in [2.75, 3.05) is 58.4 Å². The van der Waals surface area contributed by atoms with Crippen molar-refractivity contribution in [3.63, 3.8) is 0 Å². The van der Waals surface area contributed by atoms with Crippen molar-refractivity contribution in [3.05, 3.63) is 53.6 Å². The second-order valence-electron chi connectivity index (χ2n) is 9.17. The molecule has 0 spiro atoms. The van der Waals surface area contributed by atoms with Crippen molar-refractivity contribution in [2.45, 2.75) is 32.1 Å². The molecule has 4 rings (SSSR count). The van der Waals surface area contributed by atoms with Crippen molar-refractivity contribution in [1.82, 2.24) is 15.2 Å². The second-order valence-corrected chi connectivity index (χ2v) is 10.3. The summed E-state index contributed by atoms with van der Waals surface area (Å²) < 4.78 is 16.5. The molecule has 1 saturated heterocycles. The van der Waals surface area contributed by atoms with Crippen molar-refractivity contribution in [1.29, 1.82) is 0 Å². The Balaban J connectivity index is 1.38. The largest absolute Gasteiger partial charge is 0.493 e. The Bertz CT molecular complexity index is 1150. The minimum Gasteiger partial charge on any atom is -0.493 e. The highest BCUT2D eigenvalue weighted by Crippen LogP contribution is 2.34. The summed E-state index contributed by atoms with van der Waals surface area (Å²) in [6.07, 6.45) is 0.288. The van der Waals surface area contributed by atoms with E-state index >= 15 is 0 Å². The summed E-state index contributed by atoms with van der Waals surface area (Å²) in [6, 6.07) is 13.1. The second kappa shape index (κ2) is 14.2. The molecule has 210 valence electrons.